The second-order valence-electron chi connectivity index (χ2n) is 9.18. The van der Waals surface area contributed by atoms with Crippen LogP contribution in [0.1, 0.15) is 55.7 Å². The first-order valence-electron chi connectivity index (χ1n) is 11.9. The second-order valence-corrected chi connectivity index (χ2v) is 11.5. The number of carbonyl (C=O) groups excluding carboxylic acids is 1. The van der Waals surface area contributed by atoms with Crippen molar-refractivity contribution in [2.24, 2.45) is 11.1 Å². The lowest BCUT2D eigenvalue weighted by molar-refractivity contribution is 0.0699. The maximum absolute atomic E-state index is 13.6. The summed E-state index contributed by atoms with van der Waals surface area (Å²) in [4.78, 5) is 22.5. The number of rotatable bonds is 8. The Morgan fingerprint density at radius 2 is 2.13 bits per heavy atom. The minimum Gasteiger partial charge on any atom is -0.391 e. The Balaban J connectivity index is 1.38. The monoisotopic (exact) mass is 555 g/mol. The van der Waals surface area contributed by atoms with Crippen LogP contribution in [0.15, 0.2) is 42.9 Å². The fourth-order valence-corrected chi connectivity index (χ4v) is 6.26. The van der Waals surface area contributed by atoms with Crippen molar-refractivity contribution >= 4 is 33.2 Å². The Hall–Kier alpha value is -3.25. The van der Waals surface area contributed by atoms with Gasteiger partial charge in [-0.15, -0.1) is 11.3 Å². The largest absolute Gasteiger partial charge is 0.391 e. The van der Waals surface area contributed by atoms with E-state index in [1.165, 1.54) is 12.5 Å². The highest BCUT2D eigenvalue weighted by atomic mass is 32.2. The van der Waals surface area contributed by atoms with Crippen LogP contribution in [-0.2, 0) is 25.6 Å². The number of aliphatic hydroxyl groups is 1. The molecule has 11 nitrogen and oxygen atoms in total. The molecule has 1 saturated carbocycles. The molecule has 2 aliphatic rings. The number of hydrogen-bond acceptors (Lipinski definition) is 11. The molecule has 3 aromatic rings. The lowest BCUT2D eigenvalue weighted by Gasteiger charge is -2.25. The first-order valence-corrected chi connectivity index (χ1v) is 14.2. The number of ether oxygens (including phenoxy) is 1. The molecule has 0 saturated heterocycles. The molecule has 4 atom stereocenters. The van der Waals surface area contributed by atoms with E-state index in [0.717, 1.165) is 28.9 Å². The van der Waals surface area contributed by atoms with Gasteiger partial charge in [0.1, 0.15) is 29.2 Å². The van der Waals surface area contributed by atoms with E-state index in [1.54, 1.807) is 6.07 Å². The first-order chi connectivity index (χ1) is 18.2. The fraction of sp³-hybridized carbons (Fsp3) is 0.360. The molecule has 1 fully saturated rings. The van der Waals surface area contributed by atoms with Crippen LogP contribution in [0.4, 0.5) is 5.82 Å². The van der Waals surface area contributed by atoms with Crippen LogP contribution in [-0.4, -0.2) is 54.6 Å². The zero-order valence-corrected chi connectivity index (χ0v) is 21.7. The number of thiophene rings is 1. The third kappa shape index (κ3) is 5.46. The highest BCUT2D eigenvalue weighted by Crippen LogP contribution is 2.38. The zero-order chi connectivity index (χ0) is 26.9. The van der Waals surface area contributed by atoms with Crippen LogP contribution in [0.2, 0.25) is 0 Å². The average molecular weight is 556 g/mol. The van der Waals surface area contributed by atoms with Gasteiger partial charge in [0.25, 0.3) is 0 Å². The van der Waals surface area contributed by atoms with Crippen LogP contribution in [0.5, 0.6) is 0 Å². The number of nitrogens with two attached hydrogens (primary N) is 1. The van der Waals surface area contributed by atoms with E-state index in [1.807, 2.05) is 24.3 Å². The molecular formula is C25H25N5O6S2. The van der Waals surface area contributed by atoms with Gasteiger partial charge < -0.3 is 15.2 Å². The normalized spacial score (nSPS) is 23.0. The maximum Gasteiger partial charge on any atom is 0.333 e. The van der Waals surface area contributed by atoms with Crippen LogP contribution in [0, 0.1) is 17.2 Å². The summed E-state index contributed by atoms with van der Waals surface area (Å²) in [7, 11) is -4.12. The van der Waals surface area contributed by atoms with E-state index in [2.05, 4.69) is 25.5 Å². The van der Waals surface area contributed by atoms with Gasteiger partial charge in [-0.25, -0.2) is 15.1 Å². The molecule has 1 aliphatic heterocycles. The van der Waals surface area contributed by atoms with E-state index < -0.39 is 34.5 Å². The third-order valence-corrected chi connectivity index (χ3v) is 8.35. The summed E-state index contributed by atoms with van der Waals surface area (Å²) in [6.45, 7) is 0.272. The molecule has 13 heteroatoms. The van der Waals surface area contributed by atoms with Crippen molar-refractivity contribution in [3.63, 3.8) is 0 Å². The summed E-state index contributed by atoms with van der Waals surface area (Å²) in [5, 5.41) is 28.5. The van der Waals surface area contributed by atoms with E-state index in [4.69, 9.17) is 9.88 Å². The molecule has 38 heavy (non-hydrogen) atoms. The van der Waals surface area contributed by atoms with Crippen molar-refractivity contribution in [1.29, 1.82) is 5.26 Å². The summed E-state index contributed by atoms with van der Waals surface area (Å²) in [6.07, 6.45) is 3.05. The molecule has 1 aliphatic carbocycles. The highest BCUT2D eigenvalue weighted by Gasteiger charge is 2.36. The molecule has 0 bridgehead atoms. The number of benzene rings is 1. The van der Waals surface area contributed by atoms with Crippen molar-refractivity contribution < 1.29 is 27.2 Å². The van der Waals surface area contributed by atoms with Crippen molar-refractivity contribution in [2.45, 2.75) is 37.5 Å². The zero-order valence-electron chi connectivity index (χ0n) is 20.1. The average Bonchev–Trinajstić information content (AvgIpc) is 3.50. The molecule has 0 amide bonds. The summed E-state index contributed by atoms with van der Waals surface area (Å²) in [5.41, 5.74) is 2.96. The lowest BCUT2D eigenvalue weighted by atomic mass is 9.93. The Morgan fingerprint density at radius 3 is 2.92 bits per heavy atom. The predicted octanol–water partition coefficient (Wildman–Crippen LogP) is 2.07. The lowest BCUT2D eigenvalue weighted by Crippen LogP contribution is -2.35. The molecular weight excluding hydrogens is 530 g/mol. The Bertz CT molecular complexity index is 1500. The van der Waals surface area contributed by atoms with Gasteiger partial charge in [0.15, 0.2) is 0 Å². The SMILES string of the molecule is N#Cc1sc(C(=O)c2cncnc2N[C@@H]2CC[C@H](COS(N)(=O)=O)[C@H]2O)cc1C1OCCc2ccccc21. The summed E-state index contributed by atoms with van der Waals surface area (Å²) >= 11 is 1.08. The molecule has 1 unspecified atom stereocenters. The van der Waals surface area contributed by atoms with Gasteiger partial charge in [0, 0.05) is 17.7 Å². The summed E-state index contributed by atoms with van der Waals surface area (Å²) in [5.74, 6) is -0.593. The number of hydrogen-bond donors (Lipinski definition) is 3. The van der Waals surface area contributed by atoms with Crippen LogP contribution < -0.4 is 10.5 Å². The van der Waals surface area contributed by atoms with Gasteiger partial charge in [-0.2, -0.15) is 13.7 Å². The molecule has 0 spiro atoms. The number of anilines is 1. The summed E-state index contributed by atoms with van der Waals surface area (Å²) < 4.78 is 32.9. The van der Waals surface area contributed by atoms with Gasteiger partial charge in [0.05, 0.1) is 35.8 Å². The Kier molecular flexibility index (Phi) is 7.53. The number of nitrogens with one attached hydrogen (secondary N) is 1. The number of fused-ring (bicyclic) bond motifs is 1. The minimum absolute atomic E-state index is 0.186. The molecule has 0 radical (unpaired) electrons. The van der Waals surface area contributed by atoms with Crippen molar-refractivity contribution in [3.8, 4) is 6.07 Å². The van der Waals surface area contributed by atoms with E-state index in [0.29, 0.717) is 34.8 Å². The van der Waals surface area contributed by atoms with Crippen LogP contribution in [0.25, 0.3) is 0 Å². The molecule has 5 rings (SSSR count). The number of ketones is 1. The number of nitriles is 1. The minimum atomic E-state index is -4.12. The first kappa shape index (κ1) is 26.4. The smallest absolute Gasteiger partial charge is 0.333 e. The predicted molar refractivity (Wildman–Crippen MR) is 138 cm³/mol. The summed E-state index contributed by atoms with van der Waals surface area (Å²) in [6, 6.07) is 11.3. The third-order valence-electron chi connectivity index (χ3n) is 6.83. The van der Waals surface area contributed by atoms with Gasteiger partial charge in [-0.05, 0) is 36.5 Å². The van der Waals surface area contributed by atoms with E-state index >= 15 is 0 Å². The Labute approximate surface area is 223 Å². The second kappa shape index (κ2) is 10.9. The quantitative estimate of drug-likeness (QED) is 0.349. The van der Waals surface area contributed by atoms with Gasteiger partial charge in [0.2, 0.25) is 5.78 Å². The maximum atomic E-state index is 13.6. The van der Waals surface area contributed by atoms with Gasteiger partial charge in [-0.1, -0.05) is 24.3 Å². The molecule has 2 aromatic heterocycles. The molecule has 3 heterocycles. The van der Waals surface area contributed by atoms with Crippen molar-refractivity contribution in [2.75, 3.05) is 18.5 Å². The van der Waals surface area contributed by atoms with E-state index in [-0.39, 0.29) is 23.8 Å². The number of aliphatic hydroxyl groups excluding tert-OH is 1. The van der Waals surface area contributed by atoms with Gasteiger partial charge in [-0.3, -0.25) is 8.98 Å². The highest BCUT2D eigenvalue weighted by molar-refractivity contribution is 7.84. The molecule has 1 aromatic carbocycles. The fourth-order valence-electron chi connectivity index (χ4n) is 4.96. The Morgan fingerprint density at radius 1 is 1.32 bits per heavy atom. The van der Waals surface area contributed by atoms with Gasteiger partial charge >= 0.3 is 10.3 Å². The number of nitrogens with zero attached hydrogens (tertiary/aromatic N) is 3. The van der Waals surface area contributed by atoms with Crippen LogP contribution in [0.3, 0.4) is 0 Å². The van der Waals surface area contributed by atoms with Crippen LogP contribution >= 0.6 is 11.3 Å². The topological polar surface area (TPSA) is 178 Å². The number of carbonyl (C=O) groups is 1. The van der Waals surface area contributed by atoms with Crippen molar-refractivity contribution in [3.05, 3.63) is 74.9 Å². The van der Waals surface area contributed by atoms with E-state index in [9.17, 15) is 23.6 Å². The molecule has 198 valence electrons. The number of aromatic nitrogens is 2. The molecule has 4 N–H and O–H groups in total. The van der Waals surface area contributed by atoms with Crippen molar-refractivity contribution in [1.82, 2.24) is 9.97 Å². The standard InChI is InChI=1S/C25H25N5O6S2/c26-10-21-17(24-16-4-2-1-3-14(16)7-8-35-24)9-20(37-21)23(32)18-11-28-13-29-25(18)30-19-6-5-15(22(19)31)12-36-38(27,33)34/h1-4,9,11,13,15,19,22,24,31H,5-8,12H2,(H2,27,33,34)(H,28,29,30)/t15-,19-,22-,24?/m1/s1.